The SMILES string of the molecule is CN(C)CCOCCCC(=O)c1ccc2c(c1)nc(Nc1nc3ccc(OC(F)(F)F)cc3s1)n2C. The molecular formula is C24H26F3N5O3S. The second kappa shape index (κ2) is 10.8. The van der Waals surface area contributed by atoms with Gasteiger partial charge in [0.1, 0.15) is 5.75 Å². The standard InChI is InChI=1S/C24H26F3N5O3S/c1-31(2)10-12-34-11-4-5-20(33)15-6-9-19-18(13-15)28-22(32(19)3)30-23-29-17-8-7-16(14-21(17)36-23)35-24(25,26)27/h6-9,13-14H,4-5,10-12H2,1-3H3,(H,28,29,30). The molecule has 192 valence electrons. The van der Waals surface area contributed by atoms with Gasteiger partial charge in [0.15, 0.2) is 10.9 Å². The topological polar surface area (TPSA) is 81.5 Å². The molecule has 0 fully saturated rings. The predicted octanol–water partition coefficient (Wildman–Crippen LogP) is 5.37. The fourth-order valence-electron chi connectivity index (χ4n) is 3.56. The van der Waals surface area contributed by atoms with Crippen molar-refractivity contribution in [1.29, 1.82) is 0 Å². The zero-order valence-corrected chi connectivity index (χ0v) is 20.9. The average molecular weight is 522 g/mol. The summed E-state index contributed by atoms with van der Waals surface area (Å²) in [5.41, 5.74) is 2.59. The number of carbonyl (C=O) groups excluding carboxylic acids is 1. The van der Waals surface area contributed by atoms with Crippen molar-refractivity contribution in [1.82, 2.24) is 19.4 Å². The number of nitrogens with zero attached hydrogens (tertiary/aromatic N) is 4. The minimum atomic E-state index is -4.76. The summed E-state index contributed by atoms with van der Waals surface area (Å²) in [4.78, 5) is 23.7. The van der Waals surface area contributed by atoms with Gasteiger partial charge in [0, 0.05) is 38.2 Å². The molecule has 0 unspecified atom stereocenters. The Morgan fingerprint density at radius 3 is 2.67 bits per heavy atom. The highest BCUT2D eigenvalue weighted by atomic mass is 32.1. The first-order valence-corrected chi connectivity index (χ1v) is 12.1. The minimum absolute atomic E-state index is 0.0244. The first-order valence-electron chi connectivity index (χ1n) is 11.2. The van der Waals surface area contributed by atoms with Gasteiger partial charge in [-0.15, -0.1) is 13.2 Å². The molecule has 4 rings (SSSR count). The first kappa shape index (κ1) is 25.9. The molecule has 1 N–H and O–H groups in total. The maximum Gasteiger partial charge on any atom is 0.573 e. The van der Waals surface area contributed by atoms with Crippen LogP contribution in [0, 0.1) is 0 Å². The monoisotopic (exact) mass is 521 g/mol. The summed E-state index contributed by atoms with van der Waals surface area (Å²) in [5, 5.41) is 3.59. The van der Waals surface area contributed by atoms with E-state index in [0.717, 1.165) is 12.1 Å². The normalized spacial score (nSPS) is 12.1. The third-order valence-electron chi connectivity index (χ3n) is 5.39. The predicted molar refractivity (Wildman–Crippen MR) is 133 cm³/mol. The molecule has 0 atom stereocenters. The van der Waals surface area contributed by atoms with Crippen LogP contribution in [0.25, 0.3) is 21.3 Å². The summed E-state index contributed by atoms with van der Waals surface area (Å²) >= 11 is 1.18. The number of hydrogen-bond donors (Lipinski definition) is 1. The molecule has 2 aromatic carbocycles. The summed E-state index contributed by atoms with van der Waals surface area (Å²) in [5.74, 6) is 0.219. The number of ketones is 1. The van der Waals surface area contributed by atoms with E-state index in [1.54, 1.807) is 12.1 Å². The van der Waals surface area contributed by atoms with Crippen LogP contribution in [0.5, 0.6) is 5.75 Å². The number of nitrogens with one attached hydrogen (secondary N) is 1. The highest BCUT2D eigenvalue weighted by Gasteiger charge is 2.31. The van der Waals surface area contributed by atoms with E-state index in [4.69, 9.17) is 4.74 Å². The Morgan fingerprint density at radius 1 is 1.11 bits per heavy atom. The molecule has 8 nitrogen and oxygen atoms in total. The maximum atomic E-state index is 12.6. The number of halogens is 3. The molecule has 0 amide bonds. The molecule has 36 heavy (non-hydrogen) atoms. The van der Waals surface area contributed by atoms with E-state index < -0.39 is 6.36 Å². The number of likely N-dealkylation sites (N-methyl/N-ethyl adjacent to an activating group) is 1. The molecule has 12 heteroatoms. The molecule has 2 heterocycles. The van der Waals surface area contributed by atoms with Crippen molar-refractivity contribution in [2.24, 2.45) is 7.05 Å². The summed E-state index contributed by atoms with van der Waals surface area (Å²) in [6.07, 6.45) is -3.73. The van der Waals surface area contributed by atoms with Crippen molar-refractivity contribution in [3.8, 4) is 5.75 Å². The van der Waals surface area contributed by atoms with Crippen molar-refractivity contribution >= 4 is 49.4 Å². The number of aryl methyl sites for hydroxylation is 1. The highest BCUT2D eigenvalue weighted by Crippen LogP contribution is 2.33. The summed E-state index contributed by atoms with van der Waals surface area (Å²) in [6, 6.07) is 9.37. The van der Waals surface area contributed by atoms with E-state index in [1.807, 2.05) is 36.7 Å². The Balaban J connectivity index is 1.43. The van der Waals surface area contributed by atoms with Gasteiger partial charge >= 0.3 is 6.36 Å². The van der Waals surface area contributed by atoms with Gasteiger partial charge < -0.3 is 24.3 Å². The number of rotatable bonds is 11. The second-order valence-corrected chi connectivity index (χ2v) is 9.49. The number of aromatic nitrogens is 3. The van der Waals surface area contributed by atoms with Gasteiger partial charge in [-0.3, -0.25) is 4.79 Å². The first-order chi connectivity index (χ1) is 17.1. The van der Waals surface area contributed by atoms with Crippen molar-refractivity contribution < 1.29 is 27.4 Å². The fraction of sp³-hybridized carbons (Fsp3) is 0.375. The van der Waals surface area contributed by atoms with E-state index in [0.29, 0.717) is 58.4 Å². The lowest BCUT2D eigenvalue weighted by Crippen LogP contribution is -2.18. The van der Waals surface area contributed by atoms with Crippen LogP contribution in [-0.4, -0.2) is 65.4 Å². The molecule has 0 saturated heterocycles. The van der Waals surface area contributed by atoms with Gasteiger partial charge in [0.2, 0.25) is 5.95 Å². The lowest BCUT2D eigenvalue weighted by Gasteiger charge is -2.09. The third-order valence-corrected chi connectivity index (χ3v) is 6.32. The number of hydrogen-bond acceptors (Lipinski definition) is 8. The number of alkyl halides is 3. The number of carbonyl (C=O) groups is 1. The number of thiazole rings is 1. The van der Waals surface area contributed by atoms with Crippen LogP contribution < -0.4 is 10.1 Å². The average Bonchev–Trinajstić information content (AvgIpc) is 3.34. The van der Waals surface area contributed by atoms with Crippen LogP contribution in [0.3, 0.4) is 0 Å². The van der Waals surface area contributed by atoms with Crippen molar-refractivity contribution in [2.45, 2.75) is 19.2 Å². The zero-order chi connectivity index (χ0) is 25.9. The summed E-state index contributed by atoms with van der Waals surface area (Å²) < 4.78 is 49.4. The van der Waals surface area contributed by atoms with Gasteiger partial charge in [-0.25, -0.2) is 9.97 Å². The van der Waals surface area contributed by atoms with Crippen molar-refractivity contribution in [2.75, 3.05) is 39.2 Å². The number of anilines is 2. The van der Waals surface area contributed by atoms with Gasteiger partial charge in [-0.05, 0) is 50.8 Å². The van der Waals surface area contributed by atoms with Crippen molar-refractivity contribution in [3.05, 3.63) is 42.0 Å². The van der Waals surface area contributed by atoms with Crippen LogP contribution in [0.1, 0.15) is 23.2 Å². The lowest BCUT2D eigenvalue weighted by molar-refractivity contribution is -0.274. The van der Waals surface area contributed by atoms with Crippen LogP contribution in [0.2, 0.25) is 0 Å². The number of fused-ring (bicyclic) bond motifs is 2. The molecule has 0 aliphatic carbocycles. The van der Waals surface area contributed by atoms with E-state index in [-0.39, 0.29) is 11.5 Å². The number of Topliss-reactive ketones (excluding diaryl/α,β-unsaturated/α-hetero) is 1. The molecular weight excluding hydrogens is 495 g/mol. The molecule has 0 aliphatic rings. The molecule has 2 aromatic heterocycles. The van der Waals surface area contributed by atoms with Gasteiger partial charge in [0.25, 0.3) is 0 Å². The van der Waals surface area contributed by atoms with Gasteiger partial charge in [-0.2, -0.15) is 0 Å². The summed E-state index contributed by atoms with van der Waals surface area (Å²) in [7, 11) is 5.79. The molecule has 0 radical (unpaired) electrons. The zero-order valence-electron chi connectivity index (χ0n) is 20.1. The quantitative estimate of drug-likeness (QED) is 0.210. The Bertz CT molecular complexity index is 1370. The number of benzene rings is 2. The van der Waals surface area contributed by atoms with E-state index in [1.165, 1.54) is 29.5 Å². The largest absolute Gasteiger partial charge is 0.573 e. The molecule has 0 saturated carbocycles. The molecule has 0 bridgehead atoms. The van der Waals surface area contributed by atoms with Gasteiger partial charge in [-0.1, -0.05) is 11.3 Å². The third kappa shape index (κ3) is 6.50. The lowest BCUT2D eigenvalue weighted by atomic mass is 10.1. The summed E-state index contributed by atoms with van der Waals surface area (Å²) in [6.45, 7) is 2.00. The molecule has 0 spiro atoms. The second-order valence-electron chi connectivity index (χ2n) is 8.46. The Labute approximate surface area is 209 Å². The van der Waals surface area contributed by atoms with Gasteiger partial charge in [0.05, 0.1) is 27.9 Å². The Kier molecular flexibility index (Phi) is 7.76. The maximum absolute atomic E-state index is 12.6. The van der Waals surface area contributed by atoms with E-state index in [9.17, 15) is 18.0 Å². The minimum Gasteiger partial charge on any atom is -0.406 e. The van der Waals surface area contributed by atoms with Crippen molar-refractivity contribution in [3.63, 3.8) is 0 Å². The fourth-order valence-corrected chi connectivity index (χ4v) is 4.45. The Hall–Kier alpha value is -3.22. The number of ether oxygens (including phenoxy) is 2. The smallest absolute Gasteiger partial charge is 0.406 e. The highest BCUT2D eigenvalue weighted by molar-refractivity contribution is 7.22. The molecule has 0 aliphatic heterocycles. The Morgan fingerprint density at radius 2 is 1.92 bits per heavy atom. The van der Waals surface area contributed by atoms with Crippen LogP contribution in [0.4, 0.5) is 24.3 Å². The number of imidazole rings is 1. The van der Waals surface area contributed by atoms with Crippen LogP contribution in [0.15, 0.2) is 36.4 Å². The van der Waals surface area contributed by atoms with E-state index >= 15 is 0 Å². The van der Waals surface area contributed by atoms with Crippen LogP contribution in [-0.2, 0) is 11.8 Å². The van der Waals surface area contributed by atoms with E-state index in [2.05, 4.69) is 20.0 Å². The van der Waals surface area contributed by atoms with Crippen LogP contribution >= 0.6 is 11.3 Å². The molecule has 4 aromatic rings.